The molecule has 0 aliphatic carbocycles. The molecule has 6 aromatic rings. The lowest BCUT2D eigenvalue weighted by atomic mass is 9.91. The Morgan fingerprint density at radius 3 is 2.40 bits per heavy atom. The number of halogens is 2. The highest BCUT2D eigenvalue weighted by atomic mass is 35.5. The van der Waals surface area contributed by atoms with Gasteiger partial charge in [-0.2, -0.15) is 0 Å². The molecule has 0 saturated carbocycles. The van der Waals surface area contributed by atoms with Crippen LogP contribution >= 0.6 is 34.5 Å². The van der Waals surface area contributed by atoms with E-state index in [0.717, 1.165) is 44.4 Å². The molecule has 0 unspecified atom stereocenters. The highest BCUT2D eigenvalue weighted by Gasteiger charge is 2.35. The number of carbonyl (C=O) groups is 1. The Labute approximate surface area is 304 Å². The summed E-state index contributed by atoms with van der Waals surface area (Å²) in [6, 6.07) is 30.7. The summed E-state index contributed by atoms with van der Waals surface area (Å²) in [5.41, 5.74) is 7.24. The molecule has 0 saturated heterocycles. The van der Waals surface area contributed by atoms with E-state index in [9.17, 15) is 9.59 Å². The fraction of sp³-hybridized carbons (Fsp3) is 0.195. The molecule has 6 nitrogen and oxygen atoms in total. The highest BCUT2D eigenvalue weighted by molar-refractivity contribution is 7.07. The summed E-state index contributed by atoms with van der Waals surface area (Å²) >= 11 is 14.1. The number of nitrogens with zero attached hydrogens (tertiary/aromatic N) is 3. The number of para-hydroxylation sites is 1. The second kappa shape index (κ2) is 13.9. The zero-order chi connectivity index (χ0) is 35.1. The van der Waals surface area contributed by atoms with E-state index in [1.165, 1.54) is 11.3 Å². The van der Waals surface area contributed by atoms with Crippen LogP contribution in [-0.2, 0) is 16.1 Å². The molecule has 1 atom stereocenters. The van der Waals surface area contributed by atoms with Gasteiger partial charge in [-0.1, -0.05) is 127 Å². The number of esters is 1. The van der Waals surface area contributed by atoms with Gasteiger partial charge in [-0.15, -0.1) is 0 Å². The van der Waals surface area contributed by atoms with Crippen LogP contribution in [0, 0.1) is 6.92 Å². The van der Waals surface area contributed by atoms with Gasteiger partial charge in [0.05, 0.1) is 28.5 Å². The number of hydrogen-bond donors (Lipinski definition) is 0. The predicted molar refractivity (Wildman–Crippen MR) is 204 cm³/mol. The van der Waals surface area contributed by atoms with Crippen LogP contribution in [0.15, 0.2) is 112 Å². The number of benzene rings is 4. The molecule has 1 aliphatic rings. The Balaban J connectivity index is 1.46. The van der Waals surface area contributed by atoms with E-state index in [1.54, 1.807) is 17.6 Å². The van der Waals surface area contributed by atoms with Gasteiger partial charge in [0.2, 0.25) is 0 Å². The maximum absolute atomic E-state index is 14.6. The lowest BCUT2D eigenvalue weighted by Crippen LogP contribution is -2.40. The molecule has 2 aromatic heterocycles. The van der Waals surface area contributed by atoms with Crippen molar-refractivity contribution in [3.05, 3.63) is 166 Å². The van der Waals surface area contributed by atoms with Crippen molar-refractivity contribution in [2.24, 2.45) is 4.99 Å². The van der Waals surface area contributed by atoms with Crippen molar-refractivity contribution < 1.29 is 9.53 Å². The van der Waals surface area contributed by atoms with Crippen molar-refractivity contribution >= 4 is 63.2 Å². The Morgan fingerprint density at radius 1 is 0.980 bits per heavy atom. The predicted octanol–water partition coefficient (Wildman–Crippen LogP) is 8.68. The number of fused-ring (bicyclic) bond motifs is 2. The third kappa shape index (κ3) is 6.15. The van der Waals surface area contributed by atoms with Crippen LogP contribution in [0.5, 0.6) is 0 Å². The molecule has 0 fully saturated rings. The normalized spacial score (nSPS) is 14.7. The Morgan fingerprint density at radius 2 is 1.70 bits per heavy atom. The van der Waals surface area contributed by atoms with E-state index in [0.29, 0.717) is 43.1 Å². The van der Waals surface area contributed by atoms with E-state index in [4.69, 9.17) is 32.9 Å². The van der Waals surface area contributed by atoms with Gasteiger partial charge in [0.1, 0.15) is 0 Å². The van der Waals surface area contributed by atoms with Crippen molar-refractivity contribution in [3.8, 4) is 0 Å². The molecular formula is C41H35Cl2N3O3S. The maximum atomic E-state index is 14.6. The van der Waals surface area contributed by atoms with Crippen molar-refractivity contribution in [3.63, 3.8) is 0 Å². The summed E-state index contributed by atoms with van der Waals surface area (Å²) in [5.74, 6) is -0.172. The third-order valence-corrected chi connectivity index (χ3v) is 10.8. The molecular weight excluding hydrogens is 685 g/mol. The second-order valence-corrected chi connectivity index (χ2v) is 14.4. The molecule has 0 N–H and O–H groups in total. The van der Waals surface area contributed by atoms with E-state index in [1.807, 2.05) is 72.8 Å². The third-order valence-electron chi connectivity index (χ3n) is 9.19. The van der Waals surface area contributed by atoms with Crippen molar-refractivity contribution in [2.45, 2.75) is 46.2 Å². The summed E-state index contributed by atoms with van der Waals surface area (Å²) < 4.78 is 10.0. The van der Waals surface area contributed by atoms with Gasteiger partial charge in [0.25, 0.3) is 5.56 Å². The number of aromatic nitrogens is 2. The van der Waals surface area contributed by atoms with Crippen LogP contribution < -0.4 is 14.9 Å². The molecule has 9 heteroatoms. The van der Waals surface area contributed by atoms with Gasteiger partial charge in [0, 0.05) is 44.3 Å². The highest BCUT2D eigenvalue weighted by Crippen LogP contribution is 2.36. The lowest BCUT2D eigenvalue weighted by Gasteiger charge is -2.26. The van der Waals surface area contributed by atoms with Gasteiger partial charge in [0.15, 0.2) is 4.80 Å². The molecule has 0 radical (unpaired) electrons. The van der Waals surface area contributed by atoms with E-state index < -0.39 is 12.0 Å². The Kier molecular flexibility index (Phi) is 9.40. The summed E-state index contributed by atoms with van der Waals surface area (Å²) in [7, 11) is 0. The van der Waals surface area contributed by atoms with Gasteiger partial charge in [-0.3, -0.25) is 9.36 Å². The largest absolute Gasteiger partial charge is 0.463 e. The molecule has 0 amide bonds. The minimum atomic E-state index is -0.738. The molecule has 252 valence electrons. The number of hydrogen-bond acceptors (Lipinski definition) is 5. The van der Waals surface area contributed by atoms with Crippen LogP contribution in [0.25, 0.3) is 22.7 Å². The molecule has 0 bridgehead atoms. The fourth-order valence-electron chi connectivity index (χ4n) is 6.61. The first kappa shape index (κ1) is 33.8. The topological polar surface area (TPSA) is 65.6 Å². The van der Waals surface area contributed by atoms with E-state index in [-0.39, 0.29) is 12.2 Å². The van der Waals surface area contributed by atoms with Gasteiger partial charge in [-0.05, 0) is 60.7 Å². The van der Waals surface area contributed by atoms with Crippen LogP contribution in [-0.4, -0.2) is 21.7 Å². The van der Waals surface area contributed by atoms with Gasteiger partial charge in [-0.25, -0.2) is 9.79 Å². The van der Waals surface area contributed by atoms with Gasteiger partial charge < -0.3 is 9.30 Å². The molecule has 4 aromatic carbocycles. The van der Waals surface area contributed by atoms with Crippen molar-refractivity contribution in [2.75, 3.05) is 6.61 Å². The maximum Gasteiger partial charge on any atom is 0.338 e. The molecule has 7 rings (SSSR count). The van der Waals surface area contributed by atoms with Gasteiger partial charge >= 0.3 is 5.97 Å². The van der Waals surface area contributed by atoms with Crippen molar-refractivity contribution in [1.29, 1.82) is 0 Å². The summed E-state index contributed by atoms with van der Waals surface area (Å²) in [4.78, 5) is 34.0. The second-order valence-electron chi connectivity index (χ2n) is 12.6. The fourth-order valence-corrected chi connectivity index (χ4v) is 8.07. The monoisotopic (exact) mass is 719 g/mol. The number of ether oxygens (including phenoxy) is 1. The van der Waals surface area contributed by atoms with Crippen LogP contribution in [0.3, 0.4) is 0 Å². The summed E-state index contributed by atoms with van der Waals surface area (Å²) in [6.07, 6.45) is 1.95. The molecule has 0 spiro atoms. The first-order valence-corrected chi connectivity index (χ1v) is 18.1. The Hall–Kier alpha value is -4.69. The van der Waals surface area contributed by atoms with E-state index in [2.05, 4.69) is 49.6 Å². The zero-order valence-corrected chi connectivity index (χ0v) is 30.4. The SMILES string of the molecule is CCOC(=O)C1=C(c2ccccc2)N=c2s/c(=C\c3c(C)n(Cc4ccc(Cl)cc4Cl)c4ccccc34)c(=O)n2[C@H]1c1ccc(C(C)C)cc1. The molecule has 50 heavy (non-hydrogen) atoms. The van der Waals surface area contributed by atoms with Crippen LogP contribution in [0.4, 0.5) is 0 Å². The number of thiazole rings is 1. The minimum Gasteiger partial charge on any atom is -0.463 e. The number of rotatable bonds is 8. The molecule has 1 aliphatic heterocycles. The lowest BCUT2D eigenvalue weighted by molar-refractivity contribution is -0.138. The zero-order valence-electron chi connectivity index (χ0n) is 28.1. The average molecular weight is 721 g/mol. The van der Waals surface area contributed by atoms with Crippen molar-refractivity contribution in [1.82, 2.24) is 9.13 Å². The average Bonchev–Trinajstić information content (AvgIpc) is 3.57. The Bertz CT molecular complexity index is 2480. The minimum absolute atomic E-state index is 0.193. The van der Waals surface area contributed by atoms with E-state index >= 15 is 0 Å². The molecule has 3 heterocycles. The quantitative estimate of drug-likeness (QED) is 0.148. The number of carbonyl (C=O) groups excluding carboxylic acids is 1. The first-order valence-electron chi connectivity index (χ1n) is 16.6. The summed E-state index contributed by atoms with van der Waals surface area (Å²) in [6.45, 7) is 8.84. The smallest absolute Gasteiger partial charge is 0.338 e. The van der Waals surface area contributed by atoms with Crippen LogP contribution in [0.2, 0.25) is 10.0 Å². The summed E-state index contributed by atoms with van der Waals surface area (Å²) in [5, 5.41) is 2.19. The first-order chi connectivity index (χ1) is 24.2. The standard InChI is InChI=1S/C41H35Cl2N3O3S/c1-5-49-40(48)36-37(27-11-7-6-8-12-27)44-41-46(38(36)28-17-15-26(16-18-28)24(2)3)39(47)35(50-41)22-32-25(4)45(34-14-10-9-13-31(32)34)23-29-19-20-30(42)21-33(29)43/h6-22,24,38H,5,23H2,1-4H3/b35-22-/t38-/m0/s1. The van der Waals surface area contributed by atoms with Crippen LogP contribution in [0.1, 0.15) is 66.2 Å².